The molecule has 2 aromatic carbocycles. The molecule has 1 aromatic heterocycles. The summed E-state index contributed by atoms with van der Waals surface area (Å²) >= 11 is 0. The Morgan fingerprint density at radius 1 is 0.900 bits per heavy atom. The summed E-state index contributed by atoms with van der Waals surface area (Å²) in [6.07, 6.45) is -0.241. The molecule has 7 heteroatoms. The molecule has 30 heavy (non-hydrogen) atoms. The number of nitrogens with zero attached hydrogens (tertiary/aromatic N) is 2. The molecule has 0 saturated heterocycles. The first kappa shape index (κ1) is 20.1. The molecule has 1 atom stereocenters. The van der Waals surface area contributed by atoms with E-state index in [0.717, 1.165) is 21.3 Å². The number of hydrogen-bond donors (Lipinski definition) is 0. The quantitative estimate of drug-likeness (QED) is 0.639. The van der Waals surface area contributed by atoms with Gasteiger partial charge in [0.25, 0.3) is 10.0 Å². The van der Waals surface area contributed by atoms with E-state index >= 15 is 0 Å². The van der Waals surface area contributed by atoms with Crippen LogP contribution in [0.25, 0.3) is 0 Å². The van der Waals surface area contributed by atoms with Crippen LogP contribution in [0.15, 0.2) is 65.6 Å². The summed E-state index contributed by atoms with van der Waals surface area (Å²) in [5.41, 5.74) is 3.03. The summed E-state index contributed by atoms with van der Waals surface area (Å²) in [5, 5.41) is 0. The third kappa shape index (κ3) is 3.15. The van der Waals surface area contributed by atoms with E-state index in [1.807, 2.05) is 19.1 Å². The first-order chi connectivity index (χ1) is 14.2. The van der Waals surface area contributed by atoms with E-state index in [4.69, 9.17) is 0 Å². The van der Waals surface area contributed by atoms with Gasteiger partial charge in [0.05, 0.1) is 17.0 Å². The minimum atomic E-state index is -4.03. The molecule has 0 radical (unpaired) electrons. The van der Waals surface area contributed by atoms with E-state index in [9.17, 15) is 18.0 Å². The molecule has 1 aliphatic heterocycles. The molecule has 1 unspecified atom stereocenters. The molecule has 0 amide bonds. The number of rotatable bonds is 4. The van der Waals surface area contributed by atoms with Gasteiger partial charge in [-0.2, -0.15) is 0 Å². The molecule has 0 spiro atoms. The molecular formula is C23H22N2O4S. The van der Waals surface area contributed by atoms with Crippen LogP contribution in [0.3, 0.4) is 0 Å². The van der Waals surface area contributed by atoms with Crippen LogP contribution in [0.1, 0.15) is 38.5 Å². The summed E-state index contributed by atoms with van der Waals surface area (Å²) in [5.74, 6) is -0.678. The molecule has 3 aromatic rings. The highest BCUT2D eigenvalue weighted by atomic mass is 32.2. The molecule has 1 aliphatic rings. The lowest BCUT2D eigenvalue weighted by atomic mass is 10.1. The highest BCUT2D eigenvalue weighted by Crippen LogP contribution is 2.38. The van der Waals surface area contributed by atoms with Gasteiger partial charge < -0.3 is 0 Å². The van der Waals surface area contributed by atoms with Crippen LogP contribution in [0.2, 0.25) is 0 Å². The van der Waals surface area contributed by atoms with E-state index in [-0.39, 0.29) is 23.0 Å². The molecule has 0 aliphatic carbocycles. The Morgan fingerprint density at radius 2 is 1.50 bits per heavy atom. The average Bonchev–Trinajstić information content (AvgIpc) is 3.19. The summed E-state index contributed by atoms with van der Waals surface area (Å²) in [4.78, 5) is 26.3. The minimum Gasteiger partial charge on any atom is -0.292 e. The largest absolute Gasteiger partial charge is 0.292 e. The number of sulfonamides is 1. The van der Waals surface area contributed by atoms with Gasteiger partial charge in [-0.25, -0.2) is 8.42 Å². The molecule has 0 fully saturated rings. The van der Waals surface area contributed by atoms with Crippen molar-refractivity contribution in [2.75, 3.05) is 4.31 Å². The molecule has 2 heterocycles. The zero-order valence-electron chi connectivity index (χ0n) is 17.0. The number of anilines is 1. The van der Waals surface area contributed by atoms with Crippen LogP contribution in [0.5, 0.6) is 0 Å². The van der Waals surface area contributed by atoms with Crippen molar-refractivity contribution >= 4 is 27.4 Å². The maximum Gasteiger partial charge on any atom is 0.265 e. The van der Waals surface area contributed by atoms with Crippen LogP contribution < -0.4 is 4.31 Å². The summed E-state index contributed by atoms with van der Waals surface area (Å²) in [7, 11) is -4.03. The van der Waals surface area contributed by atoms with E-state index in [1.165, 1.54) is 16.7 Å². The zero-order chi connectivity index (χ0) is 21.6. The lowest BCUT2D eigenvalue weighted by Gasteiger charge is -2.26. The second kappa shape index (κ2) is 7.25. The molecule has 0 saturated carbocycles. The van der Waals surface area contributed by atoms with Crippen molar-refractivity contribution < 1.29 is 18.0 Å². The van der Waals surface area contributed by atoms with Crippen LogP contribution in [-0.2, 0) is 10.0 Å². The number of carbonyl (C=O) groups excluding carboxylic acids is 2. The van der Waals surface area contributed by atoms with Gasteiger partial charge in [-0.1, -0.05) is 29.8 Å². The smallest absolute Gasteiger partial charge is 0.265 e. The SMILES string of the molecule is Cc1ccc(S(=O)(=O)N2c3ccccc3C(=O)C2CC(=O)n2c(C)ccc2C)cc1. The number of Topliss-reactive ketones (excluding diaryl/α,β-unsaturated/α-hetero) is 1. The van der Waals surface area contributed by atoms with Gasteiger partial charge in [-0.05, 0) is 57.2 Å². The predicted octanol–water partition coefficient (Wildman–Crippen LogP) is 3.90. The summed E-state index contributed by atoms with van der Waals surface area (Å²) in [6.45, 7) is 5.47. The number of para-hydroxylation sites is 1. The number of benzene rings is 2. The van der Waals surface area contributed by atoms with Crippen molar-refractivity contribution in [1.29, 1.82) is 0 Å². The van der Waals surface area contributed by atoms with Gasteiger partial charge in [-0.15, -0.1) is 0 Å². The predicted molar refractivity (Wildman–Crippen MR) is 115 cm³/mol. The van der Waals surface area contributed by atoms with Crippen molar-refractivity contribution in [1.82, 2.24) is 4.57 Å². The van der Waals surface area contributed by atoms with E-state index in [0.29, 0.717) is 11.3 Å². The third-order valence-electron chi connectivity index (χ3n) is 5.46. The second-order valence-electron chi connectivity index (χ2n) is 7.56. The van der Waals surface area contributed by atoms with Crippen LogP contribution in [0, 0.1) is 20.8 Å². The number of hydrogen-bond acceptors (Lipinski definition) is 4. The van der Waals surface area contributed by atoms with Crippen molar-refractivity contribution in [3.8, 4) is 0 Å². The molecule has 4 rings (SSSR count). The maximum atomic E-state index is 13.5. The Bertz CT molecular complexity index is 1240. The van der Waals surface area contributed by atoms with E-state index in [1.54, 1.807) is 50.2 Å². The van der Waals surface area contributed by atoms with Crippen molar-refractivity contribution in [3.05, 3.63) is 83.2 Å². The van der Waals surface area contributed by atoms with Crippen molar-refractivity contribution in [3.63, 3.8) is 0 Å². The van der Waals surface area contributed by atoms with Gasteiger partial charge in [-0.3, -0.25) is 18.5 Å². The first-order valence-corrected chi connectivity index (χ1v) is 11.1. The van der Waals surface area contributed by atoms with Gasteiger partial charge in [0.2, 0.25) is 5.91 Å². The Labute approximate surface area is 175 Å². The number of aryl methyl sites for hydroxylation is 3. The topological polar surface area (TPSA) is 76.5 Å². The maximum absolute atomic E-state index is 13.5. The molecule has 0 N–H and O–H groups in total. The minimum absolute atomic E-state index is 0.0865. The fraction of sp³-hybridized carbons (Fsp3) is 0.217. The Morgan fingerprint density at radius 3 is 2.13 bits per heavy atom. The highest BCUT2D eigenvalue weighted by Gasteiger charge is 2.45. The normalized spacial score (nSPS) is 16.0. The average molecular weight is 423 g/mol. The monoisotopic (exact) mass is 422 g/mol. The van der Waals surface area contributed by atoms with Gasteiger partial charge >= 0.3 is 0 Å². The number of fused-ring (bicyclic) bond motifs is 1. The van der Waals surface area contributed by atoms with Crippen molar-refractivity contribution in [2.45, 2.75) is 38.1 Å². The second-order valence-corrected chi connectivity index (χ2v) is 9.38. The Balaban J connectivity index is 1.80. The number of aromatic nitrogens is 1. The fourth-order valence-electron chi connectivity index (χ4n) is 3.94. The van der Waals surface area contributed by atoms with E-state index < -0.39 is 16.1 Å². The summed E-state index contributed by atoms with van der Waals surface area (Å²) in [6, 6.07) is 15.6. The zero-order valence-corrected chi connectivity index (χ0v) is 17.8. The van der Waals surface area contributed by atoms with Crippen LogP contribution in [0.4, 0.5) is 5.69 Å². The number of carbonyl (C=O) groups is 2. The lowest BCUT2D eigenvalue weighted by molar-refractivity contribution is 0.0851. The highest BCUT2D eigenvalue weighted by molar-refractivity contribution is 7.93. The standard InChI is InChI=1S/C23H22N2O4S/c1-15-8-12-18(13-9-15)30(28,29)25-20-7-5-4-6-19(20)23(27)21(25)14-22(26)24-16(2)10-11-17(24)3/h4-13,21H,14H2,1-3H3. The van der Waals surface area contributed by atoms with Gasteiger partial charge in [0.15, 0.2) is 5.78 Å². The van der Waals surface area contributed by atoms with Gasteiger partial charge in [0, 0.05) is 17.0 Å². The van der Waals surface area contributed by atoms with Crippen molar-refractivity contribution in [2.24, 2.45) is 0 Å². The Hall–Kier alpha value is -3.19. The van der Waals surface area contributed by atoms with Crippen LogP contribution in [-0.4, -0.2) is 30.7 Å². The Kier molecular flexibility index (Phi) is 4.86. The molecular weight excluding hydrogens is 400 g/mol. The molecule has 154 valence electrons. The lowest BCUT2D eigenvalue weighted by Crippen LogP contribution is -2.42. The molecule has 6 nitrogen and oxygen atoms in total. The van der Waals surface area contributed by atoms with Gasteiger partial charge in [0.1, 0.15) is 6.04 Å². The third-order valence-corrected chi connectivity index (χ3v) is 7.30. The summed E-state index contributed by atoms with van der Waals surface area (Å²) < 4.78 is 29.7. The first-order valence-electron chi connectivity index (χ1n) is 9.64. The molecule has 0 bridgehead atoms. The van der Waals surface area contributed by atoms with E-state index in [2.05, 4.69) is 0 Å². The fourth-order valence-corrected chi connectivity index (χ4v) is 5.57. The van der Waals surface area contributed by atoms with Crippen LogP contribution >= 0.6 is 0 Å². The number of ketones is 1.